The van der Waals surface area contributed by atoms with Crippen LogP contribution in [0.15, 0.2) is 79.5 Å². The normalized spacial score (nSPS) is 13.7. The van der Waals surface area contributed by atoms with Crippen LogP contribution in [0.25, 0.3) is 22.6 Å². The van der Waals surface area contributed by atoms with Gasteiger partial charge in [-0.15, -0.1) is 0 Å². The summed E-state index contributed by atoms with van der Waals surface area (Å²) in [5.74, 6) is 2.47. The Morgan fingerprint density at radius 1 is 0.816 bits per heavy atom. The first-order valence-electron chi connectivity index (χ1n) is 12.6. The summed E-state index contributed by atoms with van der Waals surface area (Å²) in [6.45, 7) is 2.73. The van der Waals surface area contributed by atoms with Gasteiger partial charge < -0.3 is 28.1 Å². The van der Waals surface area contributed by atoms with E-state index in [9.17, 15) is 0 Å². The van der Waals surface area contributed by atoms with Gasteiger partial charge in [-0.25, -0.2) is 9.97 Å². The van der Waals surface area contributed by atoms with Gasteiger partial charge >= 0.3 is 0 Å². The van der Waals surface area contributed by atoms with Gasteiger partial charge in [-0.1, -0.05) is 0 Å². The Labute approximate surface area is 221 Å². The van der Waals surface area contributed by atoms with Gasteiger partial charge in [0.15, 0.2) is 0 Å². The lowest BCUT2D eigenvalue weighted by atomic mass is 10.1. The van der Waals surface area contributed by atoms with Crippen molar-refractivity contribution in [1.82, 2.24) is 18.8 Å². The minimum Gasteiger partial charge on any atom is -0.495 e. The van der Waals surface area contributed by atoms with Gasteiger partial charge in [-0.05, 0) is 61.4 Å². The van der Waals surface area contributed by atoms with E-state index in [1.807, 2.05) is 82.1 Å². The minimum absolute atomic E-state index is 0.303. The maximum Gasteiger partial charge on any atom is 0.137 e. The third kappa shape index (κ3) is 6.24. The first-order valence-corrected chi connectivity index (χ1v) is 12.6. The van der Waals surface area contributed by atoms with Crippen molar-refractivity contribution in [1.29, 1.82) is 0 Å². The van der Waals surface area contributed by atoms with Gasteiger partial charge in [-0.2, -0.15) is 0 Å². The lowest BCUT2D eigenvalue weighted by Gasteiger charge is -2.22. The molecular weight excluding hydrogens is 484 g/mol. The first kappa shape index (κ1) is 25.6. The molecule has 1 aliphatic heterocycles. The van der Waals surface area contributed by atoms with Crippen LogP contribution in [-0.2, 0) is 9.47 Å². The molecule has 5 aromatic rings. The third-order valence-electron chi connectivity index (χ3n) is 6.34. The molecule has 0 amide bonds. The van der Waals surface area contributed by atoms with E-state index in [4.69, 9.17) is 23.7 Å². The van der Waals surface area contributed by atoms with Crippen molar-refractivity contribution in [2.24, 2.45) is 0 Å². The molecule has 0 radical (unpaired) electrons. The Balaban J connectivity index is 0.000000222. The second kappa shape index (κ2) is 12.4. The zero-order valence-electron chi connectivity index (χ0n) is 21.7. The van der Waals surface area contributed by atoms with E-state index in [0.717, 1.165) is 65.9 Å². The van der Waals surface area contributed by atoms with E-state index in [-0.39, 0.29) is 0 Å². The predicted octanol–water partition coefficient (Wildman–Crippen LogP) is 4.93. The molecule has 5 heterocycles. The molecule has 1 aromatic carbocycles. The number of rotatable bonds is 8. The number of pyridine rings is 2. The summed E-state index contributed by atoms with van der Waals surface area (Å²) >= 11 is 0. The van der Waals surface area contributed by atoms with Crippen molar-refractivity contribution in [3.8, 4) is 28.5 Å². The molecule has 1 saturated heterocycles. The highest BCUT2D eigenvalue weighted by Crippen LogP contribution is 2.25. The topological polar surface area (TPSA) is 80.8 Å². The summed E-state index contributed by atoms with van der Waals surface area (Å²) < 4.78 is 31.3. The number of imidazole rings is 2. The van der Waals surface area contributed by atoms with Crippen LogP contribution in [0.3, 0.4) is 0 Å². The van der Waals surface area contributed by atoms with Crippen LogP contribution in [-0.4, -0.2) is 65.5 Å². The Kier molecular flexibility index (Phi) is 8.37. The number of ether oxygens (including phenoxy) is 5. The minimum atomic E-state index is 0.303. The van der Waals surface area contributed by atoms with Crippen LogP contribution in [0, 0.1) is 0 Å². The summed E-state index contributed by atoms with van der Waals surface area (Å²) in [6, 6.07) is 15.7. The molecule has 0 spiro atoms. The van der Waals surface area contributed by atoms with Crippen LogP contribution in [0.1, 0.15) is 12.8 Å². The predicted molar refractivity (Wildman–Crippen MR) is 144 cm³/mol. The SMILES string of the molecule is COc1ccc2ncc(-c3ccc(OCCOC4CCOCC4)cc3)n2c1.COc1ccc2nccn2c1. The summed E-state index contributed by atoms with van der Waals surface area (Å²) in [7, 11) is 3.31. The van der Waals surface area contributed by atoms with E-state index in [2.05, 4.69) is 9.97 Å². The molecule has 4 aromatic heterocycles. The lowest BCUT2D eigenvalue weighted by molar-refractivity contribution is -0.0388. The highest BCUT2D eigenvalue weighted by atomic mass is 16.5. The zero-order chi connectivity index (χ0) is 26.2. The Bertz CT molecular complexity index is 1440. The van der Waals surface area contributed by atoms with E-state index in [1.54, 1.807) is 20.4 Å². The van der Waals surface area contributed by atoms with Gasteiger partial charge in [0.05, 0.1) is 51.2 Å². The van der Waals surface area contributed by atoms with Gasteiger partial charge in [0.1, 0.15) is 35.1 Å². The van der Waals surface area contributed by atoms with E-state index < -0.39 is 0 Å². The molecule has 9 heteroatoms. The lowest BCUT2D eigenvalue weighted by Crippen LogP contribution is -2.25. The number of fused-ring (bicyclic) bond motifs is 2. The Morgan fingerprint density at radius 2 is 1.53 bits per heavy atom. The summed E-state index contributed by atoms with van der Waals surface area (Å²) in [6.07, 6.45) is 11.6. The summed E-state index contributed by atoms with van der Waals surface area (Å²) in [5.41, 5.74) is 3.90. The number of aromatic nitrogens is 4. The molecule has 9 nitrogen and oxygen atoms in total. The molecule has 0 atom stereocenters. The molecular formula is C29H32N4O5. The number of methoxy groups -OCH3 is 2. The van der Waals surface area contributed by atoms with Gasteiger partial charge in [-0.3, -0.25) is 4.40 Å². The maximum absolute atomic E-state index is 5.83. The fourth-order valence-corrected chi connectivity index (χ4v) is 4.25. The highest BCUT2D eigenvalue weighted by molar-refractivity contribution is 5.64. The summed E-state index contributed by atoms with van der Waals surface area (Å²) in [5, 5.41) is 0. The van der Waals surface area contributed by atoms with Crippen LogP contribution >= 0.6 is 0 Å². The molecule has 1 fully saturated rings. The fourth-order valence-electron chi connectivity index (χ4n) is 4.25. The number of nitrogens with zero attached hydrogens (tertiary/aromatic N) is 4. The fraction of sp³-hybridized carbons (Fsp3) is 0.310. The van der Waals surface area contributed by atoms with Gasteiger partial charge in [0.25, 0.3) is 0 Å². The molecule has 0 unspecified atom stereocenters. The maximum atomic E-state index is 5.83. The van der Waals surface area contributed by atoms with Crippen LogP contribution in [0.4, 0.5) is 0 Å². The third-order valence-corrected chi connectivity index (χ3v) is 6.34. The van der Waals surface area contributed by atoms with E-state index >= 15 is 0 Å². The Hall–Kier alpha value is -4.08. The quantitative estimate of drug-likeness (QED) is 0.271. The molecule has 1 aliphatic rings. The average Bonchev–Trinajstić information content (AvgIpc) is 3.63. The summed E-state index contributed by atoms with van der Waals surface area (Å²) in [4.78, 5) is 8.55. The molecule has 6 rings (SSSR count). The molecule has 0 N–H and O–H groups in total. The van der Waals surface area contributed by atoms with Crippen molar-refractivity contribution in [3.63, 3.8) is 0 Å². The zero-order valence-corrected chi connectivity index (χ0v) is 21.7. The molecule has 0 saturated carbocycles. The number of hydrogen-bond donors (Lipinski definition) is 0. The Morgan fingerprint density at radius 3 is 2.29 bits per heavy atom. The van der Waals surface area contributed by atoms with Crippen LogP contribution in [0.5, 0.6) is 17.2 Å². The average molecular weight is 517 g/mol. The second-order valence-corrected chi connectivity index (χ2v) is 8.76. The van der Waals surface area contributed by atoms with E-state index in [0.29, 0.717) is 19.3 Å². The van der Waals surface area contributed by atoms with Crippen LogP contribution < -0.4 is 14.2 Å². The molecule has 0 aliphatic carbocycles. The van der Waals surface area contributed by atoms with Crippen molar-refractivity contribution >= 4 is 11.3 Å². The molecule has 0 bridgehead atoms. The smallest absolute Gasteiger partial charge is 0.137 e. The second-order valence-electron chi connectivity index (χ2n) is 8.76. The van der Waals surface area contributed by atoms with Crippen molar-refractivity contribution in [2.45, 2.75) is 18.9 Å². The van der Waals surface area contributed by atoms with E-state index in [1.165, 1.54) is 0 Å². The van der Waals surface area contributed by atoms with Gasteiger partial charge in [0, 0.05) is 31.2 Å². The number of hydrogen-bond acceptors (Lipinski definition) is 7. The standard InChI is InChI=1S/C21H24N2O4.C8H8N2O/c1-24-19-6-7-21-22-14-20(23(21)15-19)16-2-4-17(5-3-16)26-12-13-27-18-8-10-25-11-9-18;1-11-7-2-3-8-9-4-5-10(8)6-7/h2-7,14-15,18H,8-13H2,1H3;2-6H,1H3. The highest BCUT2D eigenvalue weighted by Gasteiger charge is 2.13. The van der Waals surface area contributed by atoms with Crippen molar-refractivity contribution in [3.05, 3.63) is 79.5 Å². The van der Waals surface area contributed by atoms with Crippen molar-refractivity contribution in [2.75, 3.05) is 40.6 Å². The number of benzene rings is 1. The van der Waals surface area contributed by atoms with Gasteiger partial charge in [0.2, 0.25) is 0 Å². The molecule has 198 valence electrons. The van der Waals surface area contributed by atoms with Crippen LogP contribution in [0.2, 0.25) is 0 Å². The largest absolute Gasteiger partial charge is 0.495 e. The first-order chi connectivity index (χ1) is 18.7. The van der Waals surface area contributed by atoms with Crippen molar-refractivity contribution < 1.29 is 23.7 Å². The monoisotopic (exact) mass is 516 g/mol. The molecule has 38 heavy (non-hydrogen) atoms.